The molecule has 0 fully saturated rings. The maximum atomic E-state index is 11.7. The first-order valence-electron chi connectivity index (χ1n) is 5.85. The smallest absolute Gasteiger partial charge is 0.426 e. The molecule has 7 heteroatoms. The fourth-order valence-corrected chi connectivity index (χ4v) is 1.25. The number of hydrogen-bond donors (Lipinski definition) is 0. The highest BCUT2D eigenvalue weighted by Crippen LogP contribution is 2.27. The number of carbonyl (C=O) groups excluding carboxylic acids is 3. The van der Waals surface area contributed by atoms with Crippen molar-refractivity contribution in [2.45, 2.75) is 14.9 Å². The average molecular weight is 340 g/mol. The summed E-state index contributed by atoms with van der Waals surface area (Å²) in [6.07, 6.45) is 0.786. The zero-order chi connectivity index (χ0) is 17.1. The molecule has 0 aliphatic rings. The highest BCUT2D eigenvalue weighted by atomic mass is 17.2. The van der Waals surface area contributed by atoms with Gasteiger partial charge in [0, 0.05) is 11.6 Å². The third-order valence-electron chi connectivity index (χ3n) is 2.20. The lowest BCUT2D eigenvalue weighted by molar-refractivity contribution is -0.249. The molecule has 0 radical (unpaired) electrons. The average Bonchev–Trinajstić information content (AvgIpc) is 2.59. The first-order valence-corrected chi connectivity index (χ1v) is 5.85. The van der Waals surface area contributed by atoms with E-state index in [0.717, 1.165) is 6.08 Å². The van der Waals surface area contributed by atoms with E-state index in [4.69, 9.17) is 9.47 Å². The van der Waals surface area contributed by atoms with Crippen molar-refractivity contribution in [2.24, 2.45) is 0 Å². The standard InChI is InChI=1S/C13H12O7.C2H4.2CH4/c1-4-11(14)19-20-13(16)12(15)8-5-6-9(17-2)10(7-8)18-3;1-2;;/h4-7H,1H2,2-3H3;1-2H2;2*1H4. The molecule has 0 unspecified atom stereocenters. The van der Waals surface area contributed by atoms with Crippen LogP contribution >= 0.6 is 0 Å². The molecule has 24 heavy (non-hydrogen) atoms. The molecular weight excluding hydrogens is 316 g/mol. The Hall–Kier alpha value is -3.09. The Balaban J connectivity index is -0.00000106. The zero-order valence-corrected chi connectivity index (χ0v) is 12.3. The minimum atomic E-state index is -1.34. The molecule has 0 spiro atoms. The Morgan fingerprint density at radius 2 is 1.50 bits per heavy atom. The quantitative estimate of drug-likeness (QED) is 0.203. The summed E-state index contributed by atoms with van der Waals surface area (Å²) in [6, 6.07) is 4.10. The molecule has 0 amide bonds. The van der Waals surface area contributed by atoms with Crippen LogP contribution in [-0.4, -0.2) is 31.9 Å². The number of hydrogen-bond acceptors (Lipinski definition) is 7. The van der Waals surface area contributed by atoms with Crippen LogP contribution in [0.15, 0.2) is 44.0 Å². The summed E-state index contributed by atoms with van der Waals surface area (Å²) in [5.74, 6) is -2.65. The molecule has 0 bridgehead atoms. The second kappa shape index (κ2) is 13.6. The number of ketones is 1. The van der Waals surface area contributed by atoms with Gasteiger partial charge in [0.1, 0.15) is 0 Å². The van der Waals surface area contributed by atoms with E-state index < -0.39 is 17.7 Å². The van der Waals surface area contributed by atoms with Crippen molar-refractivity contribution < 1.29 is 33.6 Å². The van der Waals surface area contributed by atoms with Gasteiger partial charge in [-0.25, -0.2) is 19.4 Å². The van der Waals surface area contributed by atoms with Gasteiger partial charge in [0.25, 0.3) is 5.78 Å². The van der Waals surface area contributed by atoms with Gasteiger partial charge in [-0.05, 0) is 18.2 Å². The van der Waals surface area contributed by atoms with Crippen LogP contribution in [0.1, 0.15) is 25.2 Å². The summed E-state index contributed by atoms with van der Waals surface area (Å²) >= 11 is 0. The predicted octanol–water partition coefficient (Wildman–Crippen LogP) is 3.15. The van der Waals surface area contributed by atoms with Gasteiger partial charge in [-0.1, -0.05) is 21.4 Å². The highest BCUT2D eigenvalue weighted by molar-refractivity contribution is 6.40. The molecule has 0 aromatic heterocycles. The fourth-order valence-electron chi connectivity index (χ4n) is 1.25. The lowest BCUT2D eigenvalue weighted by Crippen LogP contribution is -2.19. The summed E-state index contributed by atoms with van der Waals surface area (Å²) in [5.41, 5.74) is 0.00213. The van der Waals surface area contributed by atoms with Crippen LogP contribution in [0.4, 0.5) is 0 Å². The van der Waals surface area contributed by atoms with Crippen molar-refractivity contribution in [2.75, 3.05) is 14.2 Å². The summed E-state index contributed by atoms with van der Waals surface area (Å²) in [4.78, 5) is 41.9. The van der Waals surface area contributed by atoms with Crippen LogP contribution in [0.25, 0.3) is 0 Å². The second-order valence-electron chi connectivity index (χ2n) is 3.38. The summed E-state index contributed by atoms with van der Waals surface area (Å²) in [7, 11) is 2.82. The van der Waals surface area contributed by atoms with Crippen LogP contribution in [0.3, 0.4) is 0 Å². The van der Waals surface area contributed by atoms with Gasteiger partial charge in [-0.15, -0.1) is 13.2 Å². The van der Waals surface area contributed by atoms with E-state index in [2.05, 4.69) is 29.5 Å². The minimum Gasteiger partial charge on any atom is -0.493 e. The van der Waals surface area contributed by atoms with Gasteiger partial charge in [0.2, 0.25) is 0 Å². The van der Waals surface area contributed by atoms with Crippen LogP contribution in [0, 0.1) is 0 Å². The van der Waals surface area contributed by atoms with Gasteiger partial charge in [0.15, 0.2) is 11.5 Å². The summed E-state index contributed by atoms with van der Waals surface area (Å²) < 4.78 is 9.99. The maximum absolute atomic E-state index is 11.7. The third kappa shape index (κ3) is 7.26. The van der Waals surface area contributed by atoms with Crippen molar-refractivity contribution in [1.29, 1.82) is 0 Å². The van der Waals surface area contributed by atoms with E-state index in [1.807, 2.05) is 0 Å². The molecule has 1 rings (SSSR count). The molecule has 0 aliphatic carbocycles. The van der Waals surface area contributed by atoms with E-state index in [1.54, 1.807) is 0 Å². The first kappa shape index (κ1) is 25.8. The van der Waals surface area contributed by atoms with Crippen LogP contribution < -0.4 is 9.47 Å². The highest BCUT2D eigenvalue weighted by Gasteiger charge is 2.22. The number of Topliss-reactive ketones (excluding diaryl/α,β-unsaturated/α-hetero) is 1. The second-order valence-corrected chi connectivity index (χ2v) is 3.38. The normalized spacial score (nSPS) is 7.92. The Bertz CT molecular complexity index is 564. The largest absolute Gasteiger partial charge is 0.493 e. The molecule has 0 atom stereocenters. The molecule has 0 heterocycles. The Kier molecular flexibility index (Phi) is 14.6. The zero-order valence-electron chi connectivity index (χ0n) is 12.3. The fraction of sp³-hybridized carbons (Fsp3) is 0.235. The number of methoxy groups -OCH3 is 2. The van der Waals surface area contributed by atoms with Crippen molar-refractivity contribution in [1.82, 2.24) is 0 Å². The van der Waals surface area contributed by atoms with Crippen LogP contribution in [-0.2, 0) is 19.4 Å². The van der Waals surface area contributed by atoms with E-state index in [0.29, 0.717) is 5.75 Å². The minimum absolute atomic E-state index is 0. The first-order chi connectivity index (χ1) is 10.5. The SMILES string of the molecule is C.C.C=C.C=CC(=O)OOC(=O)C(=O)c1ccc(OC)c(OC)c1. The predicted molar refractivity (Wildman–Crippen MR) is 91.0 cm³/mol. The number of carbonyl (C=O) groups is 3. The van der Waals surface area contributed by atoms with Crippen LogP contribution in [0.2, 0.25) is 0 Å². The van der Waals surface area contributed by atoms with E-state index in [9.17, 15) is 14.4 Å². The van der Waals surface area contributed by atoms with E-state index in [-0.39, 0.29) is 26.2 Å². The maximum Gasteiger partial charge on any atom is 0.426 e. The molecular formula is C17H24O7. The molecule has 1 aromatic rings. The van der Waals surface area contributed by atoms with Crippen molar-refractivity contribution in [3.05, 3.63) is 49.6 Å². The lowest BCUT2D eigenvalue weighted by Gasteiger charge is -2.08. The molecule has 0 saturated heterocycles. The molecule has 1 aromatic carbocycles. The molecule has 0 N–H and O–H groups in total. The van der Waals surface area contributed by atoms with Gasteiger partial charge in [-0.3, -0.25) is 4.79 Å². The number of rotatable bonds is 5. The van der Waals surface area contributed by atoms with E-state index in [1.165, 1.54) is 32.4 Å². The van der Waals surface area contributed by atoms with Gasteiger partial charge < -0.3 is 9.47 Å². The Morgan fingerprint density at radius 3 is 1.96 bits per heavy atom. The van der Waals surface area contributed by atoms with Gasteiger partial charge in [0.05, 0.1) is 14.2 Å². The molecule has 0 saturated carbocycles. The lowest BCUT2D eigenvalue weighted by atomic mass is 10.1. The summed E-state index contributed by atoms with van der Waals surface area (Å²) in [6.45, 7) is 9.10. The van der Waals surface area contributed by atoms with Gasteiger partial charge >= 0.3 is 11.9 Å². The van der Waals surface area contributed by atoms with Crippen molar-refractivity contribution in [3.63, 3.8) is 0 Å². The van der Waals surface area contributed by atoms with Crippen molar-refractivity contribution >= 4 is 17.7 Å². The van der Waals surface area contributed by atoms with Gasteiger partial charge in [-0.2, -0.15) is 0 Å². The number of ether oxygens (including phenoxy) is 2. The van der Waals surface area contributed by atoms with Crippen LogP contribution in [0.5, 0.6) is 11.5 Å². The Labute approximate surface area is 142 Å². The summed E-state index contributed by atoms with van der Waals surface area (Å²) in [5, 5.41) is 0. The Morgan fingerprint density at radius 1 is 0.958 bits per heavy atom. The van der Waals surface area contributed by atoms with E-state index >= 15 is 0 Å². The topological polar surface area (TPSA) is 88.1 Å². The molecule has 134 valence electrons. The third-order valence-corrected chi connectivity index (χ3v) is 2.20. The monoisotopic (exact) mass is 340 g/mol. The number of benzene rings is 1. The molecule has 0 aliphatic heterocycles. The van der Waals surface area contributed by atoms with Crippen molar-refractivity contribution in [3.8, 4) is 11.5 Å². The molecule has 7 nitrogen and oxygen atoms in total.